The maximum atomic E-state index is 13.8. The van der Waals surface area contributed by atoms with E-state index in [2.05, 4.69) is 10.5 Å². The number of amides is 1. The third kappa shape index (κ3) is 6.24. The van der Waals surface area contributed by atoms with Gasteiger partial charge in [0.2, 0.25) is 4.38 Å². The topological polar surface area (TPSA) is 82.8 Å². The molecule has 1 amide bonds. The Morgan fingerprint density at radius 2 is 2.20 bits per heavy atom. The number of thioether (sulfide) groups is 1. The van der Waals surface area contributed by atoms with Crippen LogP contribution in [0.3, 0.4) is 0 Å². The van der Waals surface area contributed by atoms with Crippen LogP contribution in [0.5, 0.6) is 0 Å². The molecule has 30 heavy (non-hydrogen) atoms. The first kappa shape index (κ1) is 22.7. The van der Waals surface area contributed by atoms with Crippen LogP contribution in [0.1, 0.15) is 33.8 Å². The highest BCUT2D eigenvalue weighted by molar-refractivity contribution is 8.22. The van der Waals surface area contributed by atoms with Crippen LogP contribution in [-0.2, 0) is 34.0 Å². The van der Waals surface area contributed by atoms with Crippen molar-refractivity contribution in [3.63, 3.8) is 0 Å². The average Bonchev–Trinajstić information content (AvgIpc) is 3.41. The standard InChI is InChI=1S/C20H23FN2O5S2/c1-30-20(29)27-11-15-17(12-26-10-14-4-2-3-5-16(14)21)28-23-18(15)19(24)22-8-13-6-7-25-9-13/h2-5,13H,6-12H2,1H3,(H,22,24). The fourth-order valence-corrected chi connectivity index (χ4v) is 3.14. The number of benzene rings is 1. The molecule has 0 aliphatic carbocycles. The molecule has 1 atom stereocenters. The zero-order chi connectivity index (χ0) is 21.3. The molecule has 0 bridgehead atoms. The van der Waals surface area contributed by atoms with Gasteiger partial charge in [-0.15, -0.1) is 0 Å². The van der Waals surface area contributed by atoms with Crippen molar-refractivity contribution in [1.82, 2.24) is 10.5 Å². The van der Waals surface area contributed by atoms with E-state index in [1.54, 1.807) is 24.5 Å². The van der Waals surface area contributed by atoms with Crippen molar-refractivity contribution in [2.24, 2.45) is 5.92 Å². The SMILES string of the molecule is CSC(=S)OCc1c(C(=O)NCC2CCOC2)noc1COCc1ccccc1F. The van der Waals surface area contributed by atoms with E-state index < -0.39 is 0 Å². The van der Waals surface area contributed by atoms with Crippen LogP contribution < -0.4 is 5.32 Å². The molecule has 3 rings (SSSR count). The second kappa shape index (κ2) is 11.4. The predicted molar refractivity (Wildman–Crippen MR) is 114 cm³/mol. The van der Waals surface area contributed by atoms with Gasteiger partial charge in [0.15, 0.2) is 11.5 Å². The number of rotatable bonds is 9. The summed E-state index contributed by atoms with van der Waals surface area (Å²) < 4.78 is 35.8. The second-order valence-electron chi connectivity index (χ2n) is 6.70. The Kier molecular flexibility index (Phi) is 8.61. The van der Waals surface area contributed by atoms with Crippen molar-refractivity contribution in [2.75, 3.05) is 26.0 Å². The average molecular weight is 455 g/mol. The van der Waals surface area contributed by atoms with Crippen molar-refractivity contribution < 1.29 is 27.9 Å². The summed E-state index contributed by atoms with van der Waals surface area (Å²) in [4.78, 5) is 12.6. The minimum atomic E-state index is -0.361. The monoisotopic (exact) mass is 454 g/mol. The van der Waals surface area contributed by atoms with Gasteiger partial charge < -0.3 is 24.1 Å². The largest absolute Gasteiger partial charge is 0.473 e. The highest BCUT2D eigenvalue weighted by atomic mass is 32.2. The van der Waals surface area contributed by atoms with Crippen LogP contribution in [0.4, 0.5) is 4.39 Å². The predicted octanol–water partition coefficient (Wildman–Crippen LogP) is 3.46. The van der Waals surface area contributed by atoms with Crippen LogP contribution in [-0.4, -0.2) is 41.5 Å². The van der Waals surface area contributed by atoms with Gasteiger partial charge in [-0.05, 0) is 31.0 Å². The van der Waals surface area contributed by atoms with Gasteiger partial charge in [0.1, 0.15) is 19.0 Å². The quantitative estimate of drug-likeness (QED) is 0.577. The lowest BCUT2D eigenvalue weighted by Crippen LogP contribution is -2.30. The molecule has 1 saturated heterocycles. The summed E-state index contributed by atoms with van der Waals surface area (Å²) >= 11 is 6.35. The molecule has 162 valence electrons. The van der Waals surface area contributed by atoms with Crippen molar-refractivity contribution in [1.29, 1.82) is 0 Å². The molecule has 1 N–H and O–H groups in total. The number of hydrogen-bond acceptors (Lipinski definition) is 8. The number of nitrogens with zero attached hydrogens (tertiary/aromatic N) is 1. The normalized spacial score (nSPS) is 15.9. The van der Waals surface area contributed by atoms with Gasteiger partial charge in [0.05, 0.1) is 18.8 Å². The molecular formula is C20H23FN2O5S2. The second-order valence-corrected chi connectivity index (χ2v) is 8.11. The molecule has 0 saturated carbocycles. The van der Waals surface area contributed by atoms with E-state index >= 15 is 0 Å². The number of carbonyl (C=O) groups is 1. The third-order valence-corrected chi connectivity index (χ3v) is 5.68. The maximum absolute atomic E-state index is 13.8. The Morgan fingerprint density at radius 3 is 2.93 bits per heavy atom. The van der Waals surface area contributed by atoms with E-state index in [0.29, 0.717) is 41.0 Å². The summed E-state index contributed by atoms with van der Waals surface area (Å²) in [6.45, 7) is 1.92. The maximum Gasteiger partial charge on any atom is 0.273 e. The first-order valence-electron chi connectivity index (χ1n) is 9.43. The van der Waals surface area contributed by atoms with Crippen LogP contribution in [0.25, 0.3) is 0 Å². The Balaban J connectivity index is 1.65. The molecule has 1 aliphatic heterocycles. The minimum Gasteiger partial charge on any atom is -0.473 e. The smallest absolute Gasteiger partial charge is 0.273 e. The van der Waals surface area contributed by atoms with Gasteiger partial charge in [-0.2, -0.15) is 0 Å². The van der Waals surface area contributed by atoms with Crippen molar-refractivity contribution in [3.05, 3.63) is 52.7 Å². The lowest BCUT2D eigenvalue weighted by molar-refractivity contribution is 0.0845. The van der Waals surface area contributed by atoms with Gasteiger partial charge in [0.25, 0.3) is 5.91 Å². The Labute approximate surface area is 183 Å². The van der Waals surface area contributed by atoms with Crippen LogP contribution in [0.15, 0.2) is 28.8 Å². The summed E-state index contributed by atoms with van der Waals surface area (Å²) in [5.41, 5.74) is 1.01. The first-order chi connectivity index (χ1) is 14.6. The summed E-state index contributed by atoms with van der Waals surface area (Å²) in [6.07, 6.45) is 2.71. The number of thiocarbonyl (C=S) groups is 1. The van der Waals surface area contributed by atoms with E-state index in [1.807, 2.05) is 0 Å². The van der Waals surface area contributed by atoms with Crippen LogP contribution in [0, 0.1) is 11.7 Å². The first-order valence-corrected chi connectivity index (χ1v) is 11.1. The molecule has 7 nitrogen and oxygen atoms in total. The van der Waals surface area contributed by atoms with Crippen molar-refractivity contribution in [3.8, 4) is 0 Å². The van der Waals surface area contributed by atoms with E-state index in [0.717, 1.165) is 6.42 Å². The lowest BCUT2D eigenvalue weighted by atomic mass is 10.1. The summed E-state index contributed by atoms with van der Waals surface area (Å²) in [6, 6.07) is 6.36. The van der Waals surface area contributed by atoms with E-state index in [9.17, 15) is 9.18 Å². The zero-order valence-electron chi connectivity index (χ0n) is 16.5. The number of halogens is 1. The summed E-state index contributed by atoms with van der Waals surface area (Å²) in [5.74, 6) is -0.0858. The van der Waals surface area contributed by atoms with Crippen molar-refractivity contribution >= 4 is 34.3 Å². The number of aromatic nitrogens is 1. The summed E-state index contributed by atoms with van der Waals surface area (Å²) in [5, 5.41) is 6.77. The number of carbonyl (C=O) groups excluding carboxylic acids is 1. The molecule has 1 aliphatic rings. The highest BCUT2D eigenvalue weighted by Gasteiger charge is 2.24. The molecule has 1 unspecified atom stereocenters. The fraction of sp³-hybridized carbons (Fsp3) is 0.450. The van der Waals surface area contributed by atoms with Gasteiger partial charge in [-0.3, -0.25) is 4.79 Å². The molecule has 2 heterocycles. The molecule has 1 aromatic carbocycles. The number of nitrogens with one attached hydrogen (secondary N) is 1. The fourth-order valence-electron chi connectivity index (χ4n) is 2.91. The van der Waals surface area contributed by atoms with E-state index in [-0.39, 0.29) is 43.2 Å². The molecule has 0 spiro atoms. The Morgan fingerprint density at radius 1 is 1.37 bits per heavy atom. The van der Waals surface area contributed by atoms with Crippen LogP contribution >= 0.6 is 24.0 Å². The Bertz CT molecular complexity index is 871. The zero-order valence-corrected chi connectivity index (χ0v) is 18.2. The number of hydrogen-bond donors (Lipinski definition) is 1. The molecule has 2 aromatic rings. The van der Waals surface area contributed by atoms with Gasteiger partial charge in [0, 0.05) is 24.6 Å². The van der Waals surface area contributed by atoms with E-state index in [4.69, 9.17) is 31.0 Å². The molecular weight excluding hydrogens is 431 g/mol. The van der Waals surface area contributed by atoms with Gasteiger partial charge in [-0.25, -0.2) is 4.39 Å². The lowest BCUT2D eigenvalue weighted by Gasteiger charge is -2.10. The highest BCUT2D eigenvalue weighted by Crippen LogP contribution is 2.20. The molecule has 10 heteroatoms. The summed E-state index contributed by atoms with van der Waals surface area (Å²) in [7, 11) is 0. The van der Waals surface area contributed by atoms with Gasteiger partial charge in [-0.1, -0.05) is 35.1 Å². The third-order valence-electron chi connectivity index (χ3n) is 4.61. The number of ether oxygens (including phenoxy) is 3. The van der Waals surface area contributed by atoms with Gasteiger partial charge >= 0.3 is 0 Å². The Hall–Kier alpha value is -2.01. The van der Waals surface area contributed by atoms with Crippen LogP contribution in [0.2, 0.25) is 0 Å². The molecule has 1 aromatic heterocycles. The van der Waals surface area contributed by atoms with E-state index in [1.165, 1.54) is 17.8 Å². The van der Waals surface area contributed by atoms with Crippen molar-refractivity contribution in [2.45, 2.75) is 26.2 Å². The molecule has 0 radical (unpaired) electrons. The molecule has 1 fully saturated rings. The minimum absolute atomic E-state index is 0.00972.